The molecular weight excluding hydrogens is 1430 g/mol. The van der Waals surface area contributed by atoms with E-state index >= 15 is 0 Å². The molecule has 3 N–H and O–H groups in total. The Bertz CT molecular complexity index is 2850. The maximum atomic E-state index is 13.1. The first-order valence-corrected chi connectivity index (χ1v) is 44.7. The van der Waals surface area contributed by atoms with Crippen LogP contribution in [-0.4, -0.2) is 96.7 Å². The standard InChI is InChI=1S/C91H146O17P2/c1-5-9-13-17-21-25-29-33-36-39-42-45-48-52-55-59-63-67-71-75-88(93)101-81-86(107-90(95)77-73-69-65-61-57-51-32-28-24-20-16-12-8-4)83-105-109(97,98)103-79-85(92)80-104-110(99,100)106-84-87(108-91(96)78-74-70-66-62-58-54-50-47-44-41-38-35-31-27-23-19-15-11-7-3)82-102-89(94)76-72-68-64-60-56-53-49-46-43-40-37-34-30-26-22-18-14-10-6-2/h9-10,13-14,21-23,25-27,33-38,42-47,52-56,58,64,66,68,70,85-87,92H,5-8,11-12,15-20,24,28-32,39-41,48-51,57,59-63,65,67,69,71-84H2,1-4H3,(H,97,98)(H,99,100)/b13-9-,14-10-,25-21-,26-22-,27-23-,36-33-,37-34-,38-35-,45-42-,46-43-,47-44-,55-52-,56-53-,58-54-,68-64-,70-66-/t85-,86+,87+/m0/s1. The first-order valence-electron chi connectivity index (χ1n) is 41.7. The molecule has 0 aliphatic carbocycles. The molecule has 0 saturated heterocycles. The lowest BCUT2D eigenvalue weighted by Crippen LogP contribution is -2.30. The number of aliphatic hydroxyl groups excluding tert-OH is 1. The van der Waals surface area contributed by atoms with Crippen LogP contribution in [0.5, 0.6) is 0 Å². The molecule has 0 spiro atoms. The Hall–Kier alpha value is -6.10. The highest BCUT2D eigenvalue weighted by molar-refractivity contribution is 7.47. The molecule has 110 heavy (non-hydrogen) atoms. The van der Waals surface area contributed by atoms with Crippen molar-refractivity contribution in [2.75, 3.05) is 39.6 Å². The van der Waals surface area contributed by atoms with Gasteiger partial charge >= 0.3 is 39.5 Å². The number of allylic oxidation sites excluding steroid dienone is 32. The van der Waals surface area contributed by atoms with Crippen molar-refractivity contribution in [3.63, 3.8) is 0 Å². The van der Waals surface area contributed by atoms with Crippen molar-refractivity contribution < 1.29 is 80.2 Å². The van der Waals surface area contributed by atoms with Crippen molar-refractivity contribution in [2.45, 2.75) is 316 Å². The molecule has 0 aliphatic heterocycles. The lowest BCUT2D eigenvalue weighted by molar-refractivity contribution is -0.161. The zero-order valence-electron chi connectivity index (χ0n) is 68.1. The monoisotopic (exact) mass is 1570 g/mol. The number of unbranched alkanes of at least 4 members (excludes halogenated alkanes) is 18. The molecule has 0 heterocycles. The molecule has 0 aromatic rings. The van der Waals surface area contributed by atoms with Crippen LogP contribution in [-0.2, 0) is 65.4 Å². The van der Waals surface area contributed by atoms with Crippen LogP contribution in [0.2, 0.25) is 0 Å². The minimum atomic E-state index is -5.03. The number of hydrogen-bond acceptors (Lipinski definition) is 15. The second-order valence-corrected chi connectivity index (χ2v) is 29.9. The van der Waals surface area contributed by atoms with Crippen molar-refractivity contribution in [3.8, 4) is 0 Å². The van der Waals surface area contributed by atoms with Gasteiger partial charge in [-0.1, -0.05) is 318 Å². The van der Waals surface area contributed by atoms with Crippen LogP contribution >= 0.6 is 15.6 Å². The third-order valence-corrected chi connectivity index (χ3v) is 18.5. The van der Waals surface area contributed by atoms with Crippen molar-refractivity contribution in [2.24, 2.45) is 0 Å². The van der Waals surface area contributed by atoms with Crippen LogP contribution in [0.25, 0.3) is 0 Å². The van der Waals surface area contributed by atoms with Crippen LogP contribution in [0.3, 0.4) is 0 Å². The van der Waals surface area contributed by atoms with E-state index in [1.165, 1.54) is 70.6 Å². The molecule has 2 unspecified atom stereocenters. The molecule has 0 radical (unpaired) electrons. The summed E-state index contributed by atoms with van der Waals surface area (Å²) in [7, 11) is -10.0. The molecule has 17 nitrogen and oxygen atoms in total. The van der Waals surface area contributed by atoms with Crippen LogP contribution in [0, 0.1) is 0 Å². The van der Waals surface area contributed by atoms with Crippen molar-refractivity contribution in [1.82, 2.24) is 0 Å². The molecular formula is C91H146O17P2. The Labute approximate surface area is 666 Å². The molecule has 0 aromatic carbocycles. The maximum Gasteiger partial charge on any atom is 0.472 e. The summed E-state index contributed by atoms with van der Waals surface area (Å²) < 4.78 is 68.5. The van der Waals surface area contributed by atoms with Crippen molar-refractivity contribution in [1.29, 1.82) is 0 Å². The van der Waals surface area contributed by atoms with Gasteiger partial charge in [-0.05, 0) is 148 Å². The first kappa shape index (κ1) is 104. The van der Waals surface area contributed by atoms with Crippen LogP contribution in [0.4, 0.5) is 0 Å². The minimum Gasteiger partial charge on any atom is -0.462 e. The molecule has 0 saturated carbocycles. The topological polar surface area (TPSA) is 237 Å². The summed E-state index contributed by atoms with van der Waals surface area (Å²) in [5.41, 5.74) is 0. The molecule has 0 rings (SSSR count). The van der Waals surface area contributed by atoms with Gasteiger partial charge in [-0.2, -0.15) is 0 Å². The number of aliphatic hydroxyl groups is 1. The largest absolute Gasteiger partial charge is 0.472 e. The van der Waals surface area contributed by atoms with E-state index in [0.29, 0.717) is 38.5 Å². The van der Waals surface area contributed by atoms with E-state index in [0.717, 1.165) is 135 Å². The maximum absolute atomic E-state index is 13.1. The van der Waals surface area contributed by atoms with E-state index in [9.17, 15) is 43.2 Å². The summed E-state index contributed by atoms with van der Waals surface area (Å²) >= 11 is 0. The third kappa shape index (κ3) is 80.0. The van der Waals surface area contributed by atoms with Gasteiger partial charge in [0.15, 0.2) is 12.2 Å². The van der Waals surface area contributed by atoms with Gasteiger partial charge in [0.2, 0.25) is 0 Å². The average Bonchev–Trinajstić information content (AvgIpc) is 0.900. The Kier molecular flexibility index (Phi) is 76.4. The van der Waals surface area contributed by atoms with E-state index in [1.54, 1.807) is 0 Å². The molecule has 0 aromatic heterocycles. The number of rotatable bonds is 76. The van der Waals surface area contributed by atoms with E-state index in [1.807, 2.05) is 36.5 Å². The number of phosphoric ester groups is 2. The lowest BCUT2D eigenvalue weighted by Gasteiger charge is -2.21. The van der Waals surface area contributed by atoms with E-state index in [2.05, 4.69) is 186 Å². The summed E-state index contributed by atoms with van der Waals surface area (Å²) in [5, 5.41) is 10.7. The molecule has 5 atom stereocenters. The third-order valence-electron chi connectivity index (χ3n) is 16.6. The highest BCUT2D eigenvalue weighted by atomic mass is 31.2. The lowest BCUT2D eigenvalue weighted by atomic mass is 10.0. The predicted octanol–water partition coefficient (Wildman–Crippen LogP) is 24.9. The zero-order valence-corrected chi connectivity index (χ0v) is 69.9. The normalized spacial score (nSPS) is 14.8. The summed E-state index contributed by atoms with van der Waals surface area (Å²) in [6.07, 6.45) is 100. The average molecular weight is 1570 g/mol. The van der Waals surface area contributed by atoms with Gasteiger partial charge in [0.25, 0.3) is 0 Å². The number of phosphoric acid groups is 2. The van der Waals surface area contributed by atoms with Gasteiger partial charge in [-0.15, -0.1) is 0 Å². The number of ether oxygens (including phenoxy) is 4. The van der Waals surface area contributed by atoms with E-state index < -0.39 is 97.5 Å². The van der Waals surface area contributed by atoms with Crippen LogP contribution in [0.15, 0.2) is 194 Å². The van der Waals surface area contributed by atoms with Gasteiger partial charge in [0.1, 0.15) is 19.3 Å². The van der Waals surface area contributed by atoms with E-state index in [-0.39, 0.29) is 25.7 Å². The predicted molar refractivity (Wildman–Crippen MR) is 454 cm³/mol. The SMILES string of the molecule is CC/C=C\C/C=C\C/C=C\C/C=C\C/C=C\C/C=C\CCC(=O)OC[C@H](COP(=O)(O)OC[C@@H](O)COP(=O)(O)OC[C@@H](COC(=O)CCCCC/C=C\C/C=C\C/C=C\C/C=C\C/C=C\CC)OC(=O)CCCCCCCCCCCCCCC)OC(=O)CC/C=C\C/C=C\C/C=C\C/C=C\C/C=C\CCCCC. The van der Waals surface area contributed by atoms with Gasteiger partial charge in [0.05, 0.1) is 26.4 Å². The van der Waals surface area contributed by atoms with Crippen LogP contribution < -0.4 is 0 Å². The summed E-state index contributed by atoms with van der Waals surface area (Å²) in [6, 6.07) is 0. The second-order valence-electron chi connectivity index (χ2n) is 27.0. The molecule has 0 fully saturated rings. The van der Waals surface area contributed by atoms with Crippen molar-refractivity contribution in [3.05, 3.63) is 194 Å². The van der Waals surface area contributed by atoms with Crippen molar-refractivity contribution >= 4 is 39.5 Å². The molecule has 19 heteroatoms. The summed E-state index contributed by atoms with van der Waals surface area (Å²) in [5.74, 6) is -2.42. The summed E-state index contributed by atoms with van der Waals surface area (Å²) in [4.78, 5) is 73.1. The fourth-order valence-electron chi connectivity index (χ4n) is 10.3. The van der Waals surface area contributed by atoms with E-state index in [4.69, 9.17) is 37.0 Å². The molecule has 0 amide bonds. The zero-order chi connectivity index (χ0) is 80.3. The van der Waals surface area contributed by atoms with Gasteiger partial charge in [-0.3, -0.25) is 37.3 Å². The van der Waals surface area contributed by atoms with Crippen LogP contribution in [0.1, 0.15) is 297 Å². The highest BCUT2D eigenvalue weighted by Crippen LogP contribution is 2.45. The van der Waals surface area contributed by atoms with Gasteiger partial charge in [-0.25, -0.2) is 9.13 Å². The first-order chi connectivity index (χ1) is 53.7. The minimum absolute atomic E-state index is 0.0129. The highest BCUT2D eigenvalue weighted by Gasteiger charge is 2.30. The quantitative estimate of drug-likeness (QED) is 0.0169. The smallest absolute Gasteiger partial charge is 0.462 e. The molecule has 622 valence electrons. The fraction of sp³-hybridized carbons (Fsp3) is 0.604. The number of esters is 4. The Morgan fingerprint density at radius 2 is 0.491 bits per heavy atom. The Morgan fingerprint density at radius 1 is 0.264 bits per heavy atom. The number of carbonyl (C=O) groups excluding carboxylic acids is 4. The number of carbonyl (C=O) groups is 4. The Morgan fingerprint density at radius 3 is 0.818 bits per heavy atom. The Balaban J connectivity index is 5.54. The molecule has 0 aliphatic rings. The number of hydrogen-bond donors (Lipinski definition) is 3. The van der Waals surface area contributed by atoms with Gasteiger partial charge in [0, 0.05) is 25.7 Å². The second kappa shape index (κ2) is 80.9. The van der Waals surface area contributed by atoms with Gasteiger partial charge < -0.3 is 33.8 Å². The molecule has 0 bridgehead atoms. The summed E-state index contributed by atoms with van der Waals surface area (Å²) in [6.45, 7) is 4.40. The fourth-order valence-corrected chi connectivity index (χ4v) is 11.9.